The van der Waals surface area contributed by atoms with Crippen LogP contribution in [-0.2, 0) is 25.6 Å². The van der Waals surface area contributed by atoms with Crippen LogP contribution in [0.1, 0.15) is 19.4 Å². The summed E-state index contributed by atoms with van der Waals surface area (Å²) in [6.07, 6.45) is -0.736. The summed E-state index contributed by atoms with van der Waals surface area (Å²) >= 11 is 5.22. The normalized spacial score (nSPS) is 21.4. The summed E-state index contributed by atoms with van der Waals surface area (Å²) in [7, 11) is 0. The van der Waals surface area contributed by atoms with Crippen molar-refractivity contribution in [2.24, 2.45) is 0 Å². The number of hydrogen-bond donors (Lipinski definition) is 0. The molecule has 1 fully saturated rings. The highest BCUT2D eigenvalue weighted by Crippen LogP contribution is 2.25. The minimum Gasteiger partial charge on any atom is -0.448 e. The number of ether oxygens (including phenoxy) is 5. The summed E-state index contributed by atoms with van der Waals surface area (Å²) in [4.78, 5) is 0. The summed E-state index contributed by atoms with van der Waals surface area (Å²) in [5.41, 5.74) is 1.10. The quantitative estimate of drug-likeness (QED) is 0.694. The maximum absolute atomic E-state index is 5.99. The maximum Gasteiger partial charge on any atom is 0.358 e. The Kier molecular flexibility index (Phi) is 6.79. The molecule has 2 aromatic rings. The predicted molar refractivity (Wildman–Crippen MR) is 106 cm³/mol. The van der Waals surface area contributed by atoms with Crippen molar-refractivity contribution in [2.45, 2.75) is 38.4 Å². The second-order valence-corrected chi connectivity index (χ2v) is 7.02. The van der Waals surface area contributed by atoms with Crippen LogP contribution < -0.4 is 4.74 Å². The fourth-order valence-electron chi connectivity index (χ4n) is 2.72. The Labute approximate surface area is 165 Å². The maximum atomic E-state index is 5.99. The summed E-state index contributed by atoms with van der Waals surface area (Å²) in [6, 6.07) is 19.3. The first-order valence-electron chi connectivity index (χ1n) is 8.89. The standard InChI is InChI=1S/C21H24O5S/c1-21(2)23-15-18(25-20(27)24-17-11-7-4-8-12-17)19(26-21)14-22-13-16-9-5-3-6-10-16/h3-12,18-19H,13-15H2,1-2H3/t18-,19-/m0/s1. The molecule has 1 heterocycles. The Morgan fingerprint density at radius 2 is 1.74 bits per heavy atom. The number of thiocarbonyl (C=S) groups is 1. The molecule has 5 nitrogen and oxygen atoms in total. The van der Waals surface area contributed by atoms with E-state index in [2.05, 4.69) is 0 Å². The Morgan fingerprint density at radius 1 is 1.07 bits per heavy atom. The van der Waals surface area contributed by atoms with E-state index in [9.17, 15) is 0 Å². The predicted octanol–water partition coefficient (Wildman–Crippen LogP) is 4.10. The van der Waals surface area contributed by atoms with E-state index in [4.69, 9.17) is 35.9 Å². The minimum atomic E-state index is -0.706. The molecule has 0 saturated carbocycles. The van der Waals surface area contributed by atoms with E-state index in [1.165, 1.54) is 0 Å². The smallest absolute Gasteiger partial charge is 0.358 e. The number of benzene rings is 2. The number of rotatable bonds is 6. The van der Waals surface area contributed by atoms with Gasteiger partial charge in [-0.15, -0.1) is 0 Å². The fourth-order valence-corrected chi connectivity index (χ4v) is 2.94. The summed E-state index contributed by atoms with van der Waals surface area (Å²) in [5.74, 6) is -0.0833. The molecule has 0 bridgehead atoms. The van der Waals surface area contributed by atoms with Crippen molar-refractivity contribution in [1.29, 1.82) is 0 Å². The second-order valence-electron chi connectivity index (χ2n) is 6.69. The van der Waals surface area contributed by atoms with E-state index in [1.54, 1.807) is 0 Å². The Hall–Kier alpha value is -1.99. The molecule has 6 heteroatoms. The molecule has 0 aliphatic carbocycles. The van der Waals surface area contributed by atoms with Crippen molar-refractivity contribution >= 4 is 17.5 Å². The highest BCUT2D eigenvalue weighted by Gasteiger charge is 2.38. The van der Waals surface area contributed by atoms with Crippen LogP contribution in [0.4, 0.5) is 0 Å². The zero-order chi connectivity index (χ0) is 19.1. The van der Waals surface area contributed by atoms with E-state index in [0.29, 0.717) is 25.6 Å². The van der Waals surface area contributed by atoms with Crippen LogP contribution in [0.25, 0.3) is 0 Å². The van der Waals surface area contributed by atoms with Crippen LogP contribution in [0.3, 0.4) is 0 Å². The molecule has 0 aromatic heterocycles. The van der Waals surface area contributed by atoms with Gasteiger partial charge in [-0.2, -0.15) is 0 Å². The highest BCUT2D eigenvalue weighted by molar-refractivity contribution is 7.79. The van der Waals surface area contributed by atoms with Crippen molar-refractivity contribution in [3.8, 4) is 5.75 Å². The summed E-state index contributed by atoms with van der Waals surface area (Å²) < 4.78 is 28.9. The monoisotopic (exact) mass is 388 g/mol. The van der Waals surface area contributed by atoms with Gasteiger partial charge in [-0.25, -0.2) is 0 Å². The average molecular weight is 388 g/mol. The van der Waals surface area contributed by atoms with Gasteiger partial charge in [-0.1, -0.05) is 48.5 Å². The molecule has 27 heavy (non-hydrogen) atoms. The lowest BCUT2D eigenvalue weighted by Gasteiger charge is -2.40. The average Bonchev–Trinajstić information content (AvgIpc) is 2.65. The zero-order valence-electron chi connectivity index (χ0n) is 15.5. The van der Waals surface area contributed by atoms with E-state index >= 15 is 0 Å². The molecule has 0 unspecified atom stereocenters. The number of hydrogen-bond acceptors (Lipinski definition) is 6. The van der Waals surface area contributed by atoms with Gasteiger partial charge in [0, 0.05) is 12.2 Å². The molecule has 0 N–H and O–H groups in total. The van der Waals surface area contributed by atoms with Gasteiger partial charge >= 0.3 is 5.24 Å². The Morgan fingerprint density at radius 3 is 2.44 bits per heavy atom. The van der Waals surface area contributed by atoms with Crippen LogP contribution in [-0.4, -0.2) is 36.4 Å². The van der Waals surface area contributed by atoms with E-state index in [-0.39, 0.29) is 11.3 Å². The van der Waals surface area contributed by atoms with E-state index in [0.717, 1.165) is 5.56 Å². The van der Waals surface area contributed by atoms with E-state index in [1.807, 2.05) is 74.5 Å². The van der Waals surface area contributed by atoms with Crippen LogP contribution in [0, 0.1) is 0 Å². The lowest BCUT2D eigenvalue weighted by Crippen LogP contribution is -2.52. The Balaban J connectivity index is 1.55. The van der Waals surface area contributed by atoms with Crippen molar-refractivity contribution < 1.29 is 23.7 Å². The van der Waals surface area contributed by atoms with Gasteiger partial charge in [0.2, 0.25) is 0 Å². The third-order valence-corrected chi connectivity index (χ3v) is 4.21. The molecule has 1 aliphatic heterocycles. The van der Waals surface area contributed by atoms with Gasteiger partial charge < -0.3 is 23.7 Å². The zero-order valence-corrected chi connectivity index (χ0v) is 16.3. The van der Waals surface area contributed by atoms with Crippen molar-refractivity contribution in [3.63, 3.8) is 0 Å². The Bertz CT molecular complexity index is 720. The molecular formula is C21H24O5S. The van der Waals surface area contributed by atoms with Crippen LogP contribution in [0.5, 0.6) is 5.75 Å². The molecule has 3 rings (SSSR count). The molecule has 1 aliphatic rings. The van der Waals surface area contributed by atoms with Crippen molar-refractivity contribution in [1.82, 2.24) is 0 Å². The largest absolute Gasteiger partial charge is 0.448 e. The summed E-state index contributed by atoms with van der Waals surface area (Å²) in [6.45, 7) is 4.93. The molecule has 0 radical (unpaired) electrons. The lowest BCUT2D eigenvalue weighted by molar-refractivity contribution is -0.309. The van der Waals surface area contributed by atoms with Gasteiger partial charge in [-0.3, -0.25) is 0 Å². The molecule has 0 spiro atoms. The molecule has 144 valence electrons. The molecular weight excluding hydrogens is 364 g/mol. The van der Waals surface area contributed by atoms with E-state index < -0.39 is 11.9 Å². The first-order chi connectivity index (χ1) is 13.0. The van der Waals surface area contributed by atoms with Gasteiger partial charge in [0.25, 0.3) is 0 Å². The molecule has 2 aromatic carbocycles. The molecule has 2 atom stereocenters. The lowest BCUT2D eigenvalue weighted by atomic mass is 10.1. The second kappa shape index (κ2) is 9.28. The first-order valence-corrected chi connectivity index (χ1v) is 9.30. The first kappa shape index (κ1) is 19.8. The van der Waals surface area contributed by atoms with Crippen molar-refractivity contribution in [2.75, 3.05) is 13.2 Å². The van der Waals surface area contributed by atoms with Crippen LogP contribution in [0.15, 0.2) is 60.7 Å². The topological polar surface area (TPSA) is 46.2 Å². The molecule has 0 amide bonds. The highest BCUT2D eigenvalue weighted by atomic mass is 32.1. The van der Waals surface area contributed by atoms with Crippen LogP contribution >= 0.6 is 12.2 Å². The third-order valence-electron chi connectivity index (χ3n) is 4.03. The SMILES string of the molecule is CC1(C)OC[C@H](OC(=S)Oc2ccccc2)[C@H](COCc2ccccc2)O1. The van der Waals surface area contributed by atoms with Gasteiger partial charge in [0.1, 0.15) is 11.9 Å². The third kappa shape index (κ3) is 6.29. The fraction of sp³-hybridized carbons (Fsp3) is 0.381. The summed E-state index contributed by atoms with van der Waals surface area (Å²) in [5, 5.41) is 0.0335. The number of para-hydroxylation sites is 1. The van der Waals surface area contributed by atoms with Crippen LogP contribution in [0.2, 0.25) is 0 Å². The van der Waals surface area contributed by atoms with Gasteiger partial charge in [-0.05, 0) is 31.5 Å². The molecule has 1 saturated heterocycles. The van der Waals surface area contributed by atoms with Gasteiger partial charge in [0.15, 0.2) is 11.9 Å². The minimum absolute atomic E-state index is 0.0335. The van der Waals surface area contributed by atoms with Crippen molar-refractivity contribution in [3.05, 3.63) is 66.2 Å². The van der Waals surface area contributed by atoms with Gasteiger partial charge in [0.05, 0.1) is 19.8 Å².